The molecular formula is C60H78Br2S2. The fraction of sp³-hybridized carbons (Fsp3) is 0.533. The van der Waals surface area contributed by atoms with Gasteiger partial charge in [-0.05, 0) is 163 Å². The summed E-state index contributed by atoms with van der Waals surface area (Å²) in [5.74, 6) is 13.5. The predicted molar refractivity (Wildman–Crippen MR) is 298 cm³/mol. The topological polar surface area (TPSA) is 0 Å². The van der Waals surface area contributed by atoms with E-state index in [1.165, 1.54) is 209 Å². The van der Waals surface area contributed by atoms with Crippen LogP contribution in [0.3, 0.4) is 0 Å². The van der Waals surface area contributed by atoms with E-state index in [4.69, 9.17) is 0 Å². The van der Waals surface area contributed by atoms with Crippen LogP contribution in [-0.2, 0) is 12.8 Å². The third-order valence-electron chi connectivity index (χ3n) is 12.5. The van der Waals surface area contributed by atoms with Crippen LogP contribution in [-0.4, -0.2) is 0 Å². The largest absolute Gasteiger partial charge is 0.140 e. The Morgan fingerprint density at radius 3 is 1.05 bits per heavy atom. The third-order valence-corrected chi connectivity index (χ3v) is 16.2. The highest BCUT2D eigenvalue weighted by atomic mass is 79.9. The Bertz CT molecular complexity index is 2170. The number of hydrogen-bond donors (Lipinski definition) is 0. The van der Waals surface area contributed by atoms with Gasteiger partial charge in [0, 0.05) is 52.1 Å². The second kappa shape index (κ2) is 30.6. The van der Waals surface area contributed by atoms with Gasteiger partial charge in [-0.3, -0.25) is 0 Å². The van der Waals surface area contributed by atoms with Gasteiger partial charge in [-0.15, -0.1) is 22.7 Å². The number of unbranched alkanes of at least 4 members (excludes halogenated alkanes) is 22. The van der Waals surface area contributed by atoms with E-state index in [-0.39, 0.29) is 0 Å². The molecule has 6 aromatic rings. The van der Waals surface area contributed by atoms with Crippen molar-refractivity contribution in [3.05, 3.63) is 90.5 Å². The van der Waals surface area contributed by atoms with Crippen LogP contribution in [0.4, 0.5) is 0 Å². The molecule has 4 aromatic carbocycles. The van der Waals surface area contributed by atoms with Gasteiger partial charge < -0.3 is 0 Å². The SMILES string of the molecule is CCCCCCCCC#Cc1cc2cc(Br)c(C#CCCCCCCCC)cc2cc1Br.CCCCCCCCc1cc2cc3cc4sc(CCCCCCCC)cc4cc3cc2s1. The van der Waals surface area contributed by atoms with Gasteiger partial charge in [0.2, 0.25) is 0 Å². The molecule has 0 bridgehead atoms. The minimum Gasteiger partial charge on any atom is -0.140 e. The van der Waals surface area contributed by atoms with Crippen LogP contribution in [0.2, 0.25) is 0 Å². The summed E-state index contributed by atoms with van der Waals surface area (Å²) in [6.07, 6.45) is 36.7. The van der Waals surface area contributed by atoms with Crippen LogP contribution in [0, 0.1) is 23.7 Å². The summed E-state index contributed by atoms with van der Waals surface area (Å²) in [5, 5.41) is 8.08. The zero-order chi connectivity index (χ0) is 45.2. The number of rotatable bonds is 26. The summed E-state index contributed by atoms with van der Waals surface area (Å²) in [7, 11) is 0. The van der Waals surface area contributed by atoms with Gasteiger partial charge in [-0.25, -0.2) is 0 Å². The Labute approximate surface area is 414 Å². The number of hydrogen-bond acceptors (Lipinski definition) is 2. The molecule has 0 amide bonds. The molecule has 0 aliphatic rings. The maximum atomic E-state index is 3.72. The Balaban J connectivity index is 0.000000241. The van der Waals surface area contributed by atoms with Crippen molar-refractivity contribution in [1.29, 1.82) is 0 Å². The average molecular weight is 1020 g/mol. The van der Waals surface area contributed by atoms with Crippen LogP contribution in [0.1, 0.15) is 216 Å². The molecule has 2 heterocycles. The molecule has 0 unspecified atom stereocenters. The highest BCUT2D eigenvalue weighted by Gasteiger charge is 2.09. The molecule has 4 heteroatoms. The first-order chi connectivity index (χ1) is 31.4. The van der Waals surface area contributed by atoms with Crippen LogP contribution < -0.4 is 0 Å². The first-order valence-corrected chi connectivity index (χ1v) is 28.9. The Morgan fingerprint density at radius 1 is 0.344 bits per heavy atom. The normalized spacial score (nSPS) is 11.2. The minimum atomic E-state index is 0.980. The molecule has 0 saturated heterocycles. The first kappa shape index (κ1) is 52.4. The molecule has 0 radical (unpaired) electrons. The van der Waals surface area contributed by atoms with Gasteiger partial charge in [0.25, 0.3) is 0 Å². The second-order valence-corrected chi connectivity index (χ2v) is 22.3. The molecule has 0 spiro atoms. The summed E-state index contributed by atoms with van der Waals surface area (Å²) in [6, 6.07) is 23.4. The lowest BCUT2D eigenvalue weighted by atomic mass is 10.0. The molecule has 344 valence electrons. The number of aryl methyl sites for hydroxylation is 2. The molecule has 64 heavy (non-hydrogen) atoms. The summed E-state index contributed by atoms with van der Waals surface area (Å²) in [6.45, 7) is 9.11. The van der Waals surface area contributed by atoms with Gasteiger partial charge >= 0.3 is 0 Å². The lowest BCUT2D eigenvalue weighted by Crippen LogP contribution is -1.85. The summed E-state index contributed by atoms with van der Waals surface area (Å²) < 4.78 is 5.04. The molecule has 0 atom stereocenters. The summed E-state index contributed by atoms with van der Waals surface area (Å²) in [5.41, 5.74) is 2.13. The predicted octanol–water partition coefficient (Wildman–Crippen LogP) is 21.6. The summed E-state index contributed by atoms with van der Waals surface area (Å²) >= 11 is 11.5. The monoisotopic (exact) mass is 1020 g/mol. The van der Waals surface area contributed by atoms with E-state index >= 15 is 0 Å². The average Bonchev–Trinajstić information content (AvgIpc) is 3.89. The smallest absolute Gasteiger partial charge is 0.0393 e. The van der Waals surface area contributed by atoms with Crippen LogP contribution in [0.25, 0.3) is 41.7 Å². The van der Waals surface area contributed by atoms with Gasteiger partial charge in [0.05, 0.1) is 0 Å². The van der Waals surface area contributed by atoms with Gasteiger partial charge in [-0.2, -0.15) is 0 Å². The summed E-state index contributed by atoms with van der Waals surface area (Å²) in [4.78, 5) is 3.13. The maximum Gasteiger partial charge on any atom is 0.0393 e. The van der Waals surface area contributed by atoms with Crippen LogP contribution in [0.5, 0.6) is 0 Å². The van der Waals surface area contributed by atoms with E-state index in [9.17, 15) is 0 Å². The lowest BCUT2D eigenvalue weighted by Gasteiger charge is -2.05. The molecule has 0 saturated carbocycles. The van der Waals surface area contributed by atoms with E-state index in [1.54, 1.807) is 9.75 Å². The fourth-order valence-electron chi connectivity index (χ4n) is 8.63. The lowest BCUT2D eigenvalue weighted by molar-refractivity contribution is 0.609. The van der Waals surface area contributed by atoms with E-state index in [2.05, 4.69) is 144 Å². The zero-order valence-corrected chi connectivity index (χ0v) is 44.9. The van der Waals surface area contributed by atoms with Crippen LogP contribution in [0.15, 0.2) is 69.6 Å². The van der Waals surface area contributed by atoms with Gasteiger partial charge in [0.1, 0.15) is 0 Å². The number of fused-ring (bicyclic) bond motifs is 4. The van der Waals surface area contributed by atoms with Gasteiger partial charge in [-0.1, -0.05) is 180 Å². The fourth-order valence-corrected chi connectivity index (χ4v) is 11.8. The van der Waals surface area contributed by atoms with Crippen molar-refractivity contribution >= 4 is 96.3 Å². The standard InChI is InChI=1S/C30H38Br2.C30H40S2/c1-3-5-7-9-11-13-15-17-19-25-21-27-24-30(32)26(22-28(27)23-29(25)31)20-18-16-14-12-10-8-6-4-2;1-3-5-7-9-11-13-15-27-19-25-17-23-22-30-26(18-24(23)21-29(25)31-27)20-28(32-30)16-14-12-10-8-6-4-2/h21-24H,3-16H2,1-2H3;17-22H,3-16H2,1-2H3. The van der Waals surface area contributed by atoms with Crippen LogP contribution >= 0.6 is 54.5 Å². The first-order valence-electron chi connectivity index (χ1n) is 25.7. The quantitative estimate of drug-likeness (QED) is 0.0375. The van der Waals surface area contributed by atoms with E-state index in [1.807, 2.05) is 22.7 Å². The van der Waals surface area contributed by atoms with Gasteiger partial charge in [0.15, 0.2) is 0 Å². The number of thiophene rings is 2. The molecule has 6 rings (SSSR count). The van der Waals surface area contributed by atoms with E-state index in [0.29, 0.717) is 0 Å². The van der Waals surface area contributed by atoms with Crippen molar-refractivity contribution < 1.29 is 0 Å². The Morgan fingerprint density at radius 2 is 0.672 bits per heavy atom. The van der Waals surface area contributed by atoms with Crippen molar-refractivity contribution in [2.75, 3.05) is 0 Å². The molecule has 0 aliphatic heterocycles. The number of halogens is 2. The molecule has 0 fully saturated rings. The Kier molecular flexibility index (Phi) is 25.1. The van der Waals surface area contributed by atoms with Crippen molar-refractivity contribution in [2.24, 2.45) is 0 Å². The van der Waals surface area contributed by atoms with E-state index < -0.39 is 0 Å². The van der Waals surface area contributed by atoms with Crippen molar-refractivity contribution in [3.63, 3.8) is 0 Å². The highest BCUT2D eigenvalue weighted by molar-refractivity contribution is 9.10. The molecule has 0 nitrogen and oxygen atoms in total. The van der Waals surface area contributed by atoms with Crippen molar-refractivity contribution in [1.82, 2.24) is 0 Å². The zero-order valence-electron chi connectivity index (χ0n) is 40.1. The molecule has 0 N–H and O–H groups in total. The maximum absolute atomic E-state index is 3.72. The highest BCUT2D eigenvalue weighted by Crippen LogP contribution is 2.36. The molecule has 2 aromatic heterocycles. The Hall–Kier alpha value is -2.60. The molecule has 0 aliphatic carbocycles. The van der Waals surface area contributed by atoms with E-state index in [0.717, 1.165) is 32.9 Å². The third kappa shape index (κ3) is 18.2. The number of benzene rings is 4. The molecular weight excluding hydrogens is 945 g/mol. The minimum absolute atomic E-state index is 0.980. The van der Waals surface area contributed by atoms with Crippen molar-refractivity contribution in [3.8, 4) is 23.7 Å². The second-order valence-electron chi connectivity index (χ2n) is 18.2. The van der Waals surface area contributed by atoms with Crippen molar-refractivity contribution in [2.45, 2.75) is 207 Å².